The number of hydrogen-bond acceptors (Lipinski definition) is 4. The van der Waals surface area contributed by atoms with Crippen molar-refractivity contribution < 1.29 is 18.7 Å². The average Bonchev–Trinajstić information content (AvgIpc) is 2.54. The smallest absolute Gasteiger partial charge is 0.234 e. The summed E-state index contributed by atoms with van der Waals surface area (Å²) >= 11 is 1.38. The Labute approximate surface area is 150 Å². The van der Waals surface area contributed by atoms with Crippen LogP contribution < -0.4 is 15.4 Å². The summed E-state index contributed by atoms with van der Waals surface area (Å²) in [5.74, 6) is 0.188. The molecule has 2 aromatic rings. The number of benzene rings is 2. The summed E-state index contributed by atoms with van der Waals surface area (Å²) in [7, 11) is 1.41. The third-order valence-corrected chi connectivity index (χ3v) is 4.19. The van der Waals surface area contributed by atoms with Gasteiger partial charge in [0.15, 0.2) is 11.6 Å². The van der Waals surface area contributed by atoms with E-state index in [1.54, 1.807) is 36.4 Å². The number of amides is 2. The van der Waals surface area contributed by atoms with Gasteiger partial charge in [-0.15, -0.1) is 11.8 Å². The molecular weight excluding hydrogens is 343 g/mol. The van der Waals surface area contributed by atoms with Gasteiger partial charge in [-0.05, 0) is 35.9 Å². The summed E-state index contributed by atoms with van der Waals surface area (Å²) in [4.78, 5) is 23.0. The maximum atomic E-state index is 13.6. The molecule has 0 saturated carbocycles. The second kappa shape index (κ2) is 9.08. The topological polar surface area (TPSA) is 67.4 Å². The molecule has 0 aliphatic rings. The first-order chi connectivity index (χ1) is 12.0. The quantitative estimate of drug-likeness (QED) is 0.789. The first-order valence-electron chi connectivity index (χ1n) is 7.55. The summed E-state index contributed by atoms with van der Waals surface area (Å²) in [5, 5.41) is 5.42. The molecule has 0 saturated heterocycles. The Morgan fingerprint density at radius 1 is 1.12 bits per heavy atom. The van der Waals surface area contributed by atoms with Crippen molar-refractivity contribution in [3.05, 3.63) is 53.8 Å². The summed E-state index contributed by atoms with van der Waals surface area (Å²) in [6, 6.07) is 11.6. The Morgan fingerprint density at radius 3 is 2.48 bits per heavy atom. The summed E-state index contributed by atoms with van der Waals surface area (Å²) in [6.45, 7) is 1.42. The lowest BCUT2D eigenvalue weighted by atomic mass is 10.2. The molecule has 0 aliphatic heterocycles. The molecule has 7 heteroatoms. The van der Waals surface area contributed by atoms with E-state index in [-0.39, 0.29) is 23.3 Å². The van der Waals surface area contributed by atoms with Gasteiger partial charge in [0.2, 0.25) is 11.8 Å². The number of carbonyl (C=O) groups excluding carboxylic acids is 2. The van der Waals surface area contributed by atoms with Crippen LogP contribution in [0.2, 0.25) is 0 Å². The van der Waals surface area contributed by atoms with Crippen LogP contribution in [0.25, 0.3) is 0 Å². The Bertz CT molecular complexity index is 768. The summed E-state index contributed by atoms with van der Waals surface area (Å²) in [6.07, 6.45) is 0. The zero-order valence-electron chi connectivity index (χ0n) is 14.0. The minimum absolute atomic E-state index is 0.168. The highest BCUT2D eigenvalue weighted by atomic mass is 32.2. The number of anilines is 2. The highest BCUT2D eigenvalue weighted by Gasteiger charge is 2.07. The van der Waals surface area contributed by atoms with Crippen LogP contribution in [0.1, 0.15) is 12.5 Å². The van der Waals surface area contributed by atoms with Gasteiger partial charge in [0.05, 0.1) is 12.9 Å². The Balaban J connectivity index is 1.82. The zero-order valence-corrected chi connectivity index (χ0v) is 14.8. The van der Waals surface area contributed by atoms with Gasteiger partial charge in [-0.25, -0.2) is 4.39 Å². The van der Waals surface area contributed by atoms with Crippen LogP contribution in [0, 0.1) is 5.82 Å². The largest absolute Gasteiger partial charge is 0.494 e. The number of hydrogen-bond donors (Lipinski definition) is 2. The molecule has 2 rings (SSSR count). The second-order valence-corrected chi connectivity index (χ2v) is 6.26. The van der Waals surface area contributed by atoms with Crippen molar-refractivity contribution in [3.63, 3.8) is 0 Å². The van der Waals surface area contributed by atoms with Crippen LogP contribution in [-0.4, -0.2) is 24.7 Å². The molecule has 5 nitrogen and oxygen atoms in total. The number of nitrogens with one attached hydrogen (secondary N) is 2. The number of carbonyl (C=O) groups is 2. The Morgan fingerprint density at radius 2 is 1.84 bits per heavy atom. The van der Waals surface area contributed by atoms with Crippen LogP contribution in [0.3, 0.4) is 0 Å². The van der Waals surface area contributed by atoms with Crippen molar-refractivity contribution in [2.45, 2.75) is 12.7 Å². The highest BCUT2D eigenvalue weighted by Crippen LogP contribution is 2.21. The van der Waals surface area contributed by atoms with Gasteiger partial charge in [0.1, 0.15) is 0 Å². The third-order valence-electron chi connectivity index (χ3n) is 3.18. The first-order valence-corrected chi connectivity index (χ1v) is 8.71. The van der Waals surface area contributed by atoms with Gasteiger partial charge < -0.3 is 15.4 Å². The predicted molar refractivity (Wildman–Crippen MR) is 98.5 cm³/mol. The van der Waals surface area contributed by atoms with Crippen LogP contribution in [0.15, 0.2) is 42.5 Å². The zero-order chi connectivity index (χ0) is 18.2. The molecule has 0 aliphatic carbocycles. The van der Waals surface area contributed by atoms with Gasteiger partial charge in [-0.1, -0.05) is 12.1 Å². The van der Waals surface area contributed by atoms with E-state index in [9.17, 15) is 14.0 Å². The normalized spacial score (nSPS) is 10.2. The minimum atomic E-state index is -0.417. The molecule has 0 bridgehead atoms. The van der Waals surface area contributed by atoms with E-state index in [1.165, 1.54) is 31.9 Å². The first kappa shape index (κ1) is 18.8. The van der Waals surface area contributed by atoms with E-state index in [4.69, 9.17) is 4.74 Å². The molecule has 0 atom stereocenters. The molecule has 2 aromatic carbocycles. The number of thioether (sulfide) groups is 1. The Hall–Kier alpha value is -2.54. The predicted octanol–water partition coefficient (Wildman–Crippen LogP) is 3.66. The third kappa shape index (κ3) is 6.11. The number of ether oxygens (including phenoxy) is 1. The fraction of sp³-hybridized carbons (Fsp3) is 0.222. The summed E-state index contributed by atoms with van der Waals surface area (Å²) < 4.78 is 18.5. The lowest BCUT2D eigenvalue weighted by Crippen LogP contribution is -2.14. The molecular formula is C18H19FN2O3S. The number of methoxy groups -OCH3 is 1. The number of rotatable bonds is 7. The molecule has 2 N–H and O–H groups in total. The van der Waals surface area contributed by atoms with Gasteiger partial charge in [-0.2, -0.15) is 0 Å². The van der Waals surface area contributed by atoms with Crippen molar-refractivity contribution in [1.82, 2.24) is 0 Å². The van der Waals surface area contributed by atoms with Crippen LogP contribution in [0.5, 0.6) is 5.75 Å². The molecule has 0 fully saturated rings. The van der Waals surface area contributed by atoms with Crippen molar-refractivity contribution >= 4 is 35.0 Å². The minimum Gasteiger partial charge on any atom is -0.494 e. The fourth-order valence-corrected chi connectivity index (χ4v) is 2.91. The molecule has 0 aromatic heterocycles. The van der Waals surface area contributed by atoms with Crippen molar-refractivity contribution in [2.75, 3.05) is 23.5 Å². The average molecular weight is 362 g/mol. The Kier molecular flexibility index (Phi) is 6.82. The van der Waals surface area contributed by atoms with Gasteiger partial charge in [-0.3, -0.25) is 9.59 Å². The lowest BCUT2D eigenvalue weighted by Gasteiger charge is -2.08. The molecule has 0 spiro atoms. The van der Waals surface area contributed by atoms with E-state index in [1.807, 2.05) is 0 Å². The van der Waals surface area contributed by atoms with E-state index in [0.717, 1.165) is 5.56 Å². The van der Waals surface area contributed by atoms with Crippen molar-refractivity contribution in [3.8, 4) is 5.75 Å². The van der Waals surface area contributed by atoms with E-state index in [0.29, 0.717) is 17.1 Å². The maximum Gasteiger partial charge on any atom is 0.234 e. The SMILES string of the molecule is COc1ccc(CSCC(=O)Nc2cccc(NC(C)=O)c2)cc1F. The summed E-state index contributed by atoms with van der Waals surface area (Å²) in [5.41, 5.74) is 2.00. The highest BCUT2D eigenvalue weighted by molar-refractivity contribution is 7.99. The molecule has 0 radical (unpaired) electrons. The van der Waals surface area contributed by atoms with Crippen LogP contribution in [-0.2, 0) is 15.3 Å². The van der Waals surface area contributed by atoms with Crippen LogP contribution >= 0.6 is 11.8 Å². The van der Waals surface area contributed by atoms with E-state index in [2.05, 4.69) is 10.6 Å². The van der Waals surface area contributed by atoms with Gasteiger partial charge in [0, 0.05) is 24.1 Å². The monoisotopic (exact) mass is 362 g/mol. The number of halogens is 1. The van der Waals surface area contributed by atoms with Gasteiger partial charge in [0.25, 0.3) is 0 Å². The van der Waals surface area contributed by atoms with E-state index < -0.39 is 5.82 Å². The maximum absolute atomic E-state index is 13.6. The molecule has 2 amide bonds. The van der Waals surface area contributed by atoms with Gasteiger partial charge >= 0.3 is 0 Å². The van der Waals surface area contributed by atoms with Crippen molar-refractivity contribution in [2.24, 2.45) is 0 Å². The molecule has 0 unspecified atom stereocenters. The van der Waals surface area contributed by atoms with E-state index >= 15 is 0 Å². The molecule has 0 heterocycles. The molecule has 132 valence electrons. The van der Waals surface area contributed by atoms with Crippen LogP contribution in [0.4, 0.5) is 15.8 Å². The fourth-order valence-electron chi connectivity index (χ4n) is 2.14. The van der Waals surface area contributed by atoms with Crippen molar-refractivity contribution in [1.29, 1.82) is 0 Å². The second-order valence-electron chi connectivity index (χ2n) is 5.27. The molecule has 25 heavy (non-hydrogen) atoms. The lowest BCUT2D eigenvalue weighted by molar-refractivity contribution is -0.114. The standard InChI is InChI=1S/C18H19FN2O3S/c1-12(22)20-14-4-3-5-15(9-14)21-18(23)11-25-10-13-6-7-17(24-2)16(19)8-13/h3-9H,10-11H2,1-2H3,(H,20,22)(H,21,23).